The maximum Gasteiger partial charge on any atom is 0.285 e. The van der Waals surface area contributed by atoms with E-state index in [4.69, 9.17) is 4.74 Å². The van der Waals surface area contributed by atoms with Gasteiger partial charge >= 0.3 is 0 Å². The van der Waals surface area contributed by atoms with E-state index in [9.17, 15) is 26.7 Å². The van der Waals surface area contributed by atoms with Gasteiger partial charge in [0.05, 0.1) is 38.1 Å². The first-order chi connectivity index (χ1) is 17.6. The van der Waals surface area contributed by atoms with Crippen molar-refractivity contribution in [3.63, 3.8) is 0 Å². The monoisotopic (exact) mass is 523 g/mol. The van der Waals surface area contributed by atoms with Gasteiger partial charge in [0.2, 0.25) is 17.7 Å². The maximum absolute atomic E-state index is 14.8. The lowest BCUT2D eigenvalue weighted by Gasteiger charge is -2.38. The summed E-state index contributed by atoms with van der Waals surface area (Å²) in [5.41, 5.74) is 1.25. The minimum Gasteiger partial charge on any atom is -0.479 e. The molecule has 0 unspecified atom stereocenters. The van der Waals surface area contributed by atoms with Gasteiger partial charge in [-0.1, -0.05) is 0 Å². The molecule has 1 aliphatic rings. The molecular weight excluding hydrogens is 501 g/mol. The molecule has 5 rings (SSSR count). The zero-order valence-electron chi connectivity index (χ0n) is 19.8. The van der Waals surface area contributed by atoms with Crippen LogP contribution in [0, 0.1) is 5.82 Å². The molecule has 4 heterocycles. The van der Waals surface area contributed by atoms with Crippen LogP contribution in [0.15, 0.2) is 30.7 Å². The molecule has 3 aromatic heterocycles. The fourth-order valence-corrected chi connectivity index (χ4v) is 4.54. The van der Waals surface area contributed by atoms with Crippen LogP contribution in [0.5, 0.6) is 5.88 Å². The molecule has 0 bridgehead atoms. The van der Waals surface area contributed by atoms with Crippen LogP contribution >= 0.6 is 0 Å². The van der Waals surface area contributed by atoms with Gasteiger partial charge in [0, 0.05) is 25.2 Å². The van der Waals surface area contributed by atoms with Gasteiger partial charge in [-0.2, -0.15) is 4.98 Å². The summed E-state index contributed by atoms with van der Waals surface area (Å²) in [7, 11) is 1.34. The quantitative estimate of drug-likeness (QED) is 0.387. The molecule has 0 spiro atoms. The number of piperidine rings is 1. The number of ether oxygens (including phenoxy) is 1. The average molecular weight is 523 g/mol. The number of alkyl halides is 4. The molecule has 0 saturated carbocycles. The Morgan fingerprint density at radius 2 is 2.11 bits per heavy atom. The van der Waals surface area contributed by atoms with Gasteiger partial charge in [-0.05, 0) is 30.2 Å². The molecule has 0 radical (unpaired) electrons. The number of carbonyl (C=O) groups excluding carboxylic acids is 1. The fraction of sp³-hybridized carbons (Fsp3) is 0.391. The second-order valence-electron chi connectivity index (χ2n) is 8.77. The van der Waals surface area contributed by atoms with Gasteiger partial charge in [-0.15, -0.1) is 5.10 Å². The van der Waals surface area contributed by atoms with E-state index in [1.165, 1.54) is 36.9 Å². The molecule has 4 aromatic rings. The third kappa shape index (κ3) is 4.51. The van der Waals surface area contributed by atoms with Gasteiger partial charge in [-0.3, -0.25) is 4.79 Å². The molecule has 196 valence electrons. The molecule has 1 atom stereocenters. The Balaban J connectivity index is 1.51. The van der Waals surface area contributed by atoms with Crippen molar-refractivity contribution in [3.05, 3.63) is 36.5 Å². The van der Waals surface area contributed by atoms with Crippen molar-refractivity contribution in [2.75, 3.05) is 25.5 Å². The predicted molar refractivity (Wildman–Crippen MR) is 123 cm³/mol. The van der Waals surface area contributed by atoms with Gasteiger partial charge in [0.15, 0.2) is 5.82 Å². The van der Waals surface area contributed by atoms with E-state index >= 15 is 0 Å². The standard InChI is InChI=1S/C23H22F5N7O2/c1-12(36)33-5-4-17(23(27,28)10-33)30-22-31-21(37-2)20-14(3-6-35(20)32-22)13-7-15(24)19-16(8-13)34(11-29-19)9-18(25)26/h3,6-8,11,17-18H,4-5,9-10H2,1-2H3,(H,30,32)/t17-/m1/s1. The molecule has 1 aromatic carbocycles. The summed E-state index contributed by atoms with van der Waals surface area (Å²) in [5.74, 6) is -4.43. The number of hydrogen-bond acceptors (Lipinski definition) is 6. The third-order valence-electron chi connectivity index (χ3n) is 6.34. The highest BCUT2D eigenvalue weighted by molar-refractivity contribution is 5.90. The van der Waals surface area contributed by atoms with E-state index in [2.05, 4.69) is 20.4 Å². The number of benzene rings is 1. The summed E-state index contributed by atoms with van der Waals surface area (Å²) in [6, 6.07) is 3.03. The van der Waals surface area contributed by atoms with Gasteiger partial charge in [-0.25, -0.2) is 31.5 Å². The summed E-state index contributed by atoms with van der Waals surface area (Å²) in [6.07, 6.45) is 0.00855. The van der Waals surface area contributed by atoms with Crippen LogP contribution in [0.25, 0.3) is 27.7 Å². The predicted octanol–water partition coefficient (Wildman–Crippen LogP) is 3.83. The molecule has 1 amide bonds. The highest BCUT2D eigenvalue weighted by Gasteiger charge is 2.45. The first-order valence-electron chi connectivity index (χ1n) is 11.3. The largest absolute Gasteiger partial charge is 0.479 e. The first kappa shape index (κ1) is 24.7. The van der Waals surface area contributed by atoms with Crippen molar-refractivity contribution in [1.29, 1.82) is 0 Å². The molecule has 14 heteroatoms. The number of likely N-dealkylation sites (tertiary alicyclic amines) is 1. The Morgan fingerprint density at radius 1 is 1.32 bits per heavy atom. The second-order valence-corrected chi connectivity index (χ2v) is 8.77. The number of methoxy groups -OCH3 is 1. The Bertz CT molecular complexity index is 1490. The average Bonchev–Trinajstić information content (AvgIpc) is 3.44. The number of anilines is 1. The van der Waals surface area contributed by atoms with Gasteiger partial charge in [0.25, 0.3) is 12.3 Å². The number of hydrogen-bond donors (Lipinski definition) is 1. The summed E-state index contributed by atoms with van der Waals surface area (Å²) in [5, 5.41) is 6.91. The Hall–Kier alpha value is -3.97. The molecule has 0 aliphatic carbocycles. The van der Waals surface area contributed by atoms with Crippen molar-refractivity contribution < 1.29 is 31.5 Å². The van der Waals surface area contributed by atoms with Crippen molar-refractivity contribution in [1.82, 2.24) is 29.0 Å². The van der Waals surface area contributed by atoms with Crippen LogP contribution in [0.4, 0.5) is 27.9 Å². The van der Waals surface area contributed by atoms with E-state index in [0.29, 0.717) is 16.6 Å². The van der Waals surface area contributed by atoms with Gasteiger partial charge in [0.1, 0.15) is 11.0 Å². The van der Waals surface area contributed by atoms with E-state index in [1.54, 1.807) is 6.07 Å². The van der Waals surface area contributed by atoms with Gasteiger partial charge < -0.3 is 19.5 Å². The maximum atomic E-state index is 14.8. The number of halogens is 5. The molecule has 37 heavy (non-hydrogen) atoms. The molecule has 1 fully saturated rings. The normalized spacial score (nSPS) is 17.6. The number of nitrogens with zero attached hydrogens (tertiary/aromatic N) is 6. The van der Waals surface area contributed by atoms with E-state index in [0.717, 1.165) is 15.8 Å². The molecule has 1 aliphatic heterocycles. The van der Waals surface area contributed by atoms with Crippen molar-refractivity contribution >= 4 is 28.4 Å². The van der Waals surface area contributed by atoms with E-state index < -0.39 is 43.2 Å². The Labute approximate surface area is 206 Å². The smallest absolute Gasteiger partial charge is 0.285 e. The molecule has 9 nitrogen and oxygen atoms in total. The van der Waals surface area contributed by atoms with Crippen molar-refractivity contribution in [2.45, 2.75) is 38.3 Å². The number of rotatable bonds is 6. The van der Waals surface area contributed by atoms with Crippen molar-refractivity contribution in [2.24, 2.45) is 0 Å². The van der Waals surface area contributed by atoms with Crippen LogP contribution in [-0.4, -0.2) is 73.5 Å². The zero-order valence-corrected chi connectivity index (χ0v) is 19.8. The summed E-state index contributed by atoms with van der Waals surface area (Å²) in [6.45, 7) is 0.0357. The SMILES string of the molecule is COc1nc(N[C@@H]2CCN(C(C)=O)CC2(F)F)nn2ccc(-c3cc(F)c4ncn(CC(F)F)c4c3)c12. The minimum absolute atomic E-state index is 0.0151. The lowest BCUT2D eigenvalue weighted by Crippen LogP contribution is -2.55. The summed E-state index contributed by atoms with van der Waals surface area (Å²) in [4.78, 5) is 20.7. The van der Waals surface area contributed by atoms with Crippen LogP contribution in [0.1, 0.15) is 13.3 Å². The fourth-order valence-electron chi connectivity index (χ4n) is 4.54. The van der Waals surface area contributed by atoms with E-state index in [-0.39, 0.29) is 35.8 Å². The summed E-state index contributed by atoms with van der Waals surface area (Å²) >= 11 is 0. The number of amides is 1. The molecule has 1 N–H and O–H groups in total. The highest BCUT2D eigenvalue weighted by atomic mass is 19.3. The Morgan fingerprint density at radius 3 is 2.78 bits per heavy atom. The van der Waals surface area contributed by atoms with E-state index in [1.807, 2.05) is 0 Å². The number of imidazole rings is 1. The first-order valence-corrected chi connectivity index (χ1v) is 11.3. The Kier molecular flexibility index (Phi) is 6.12. The van der Waals surface area contributed by atoms with Crippen molar-refractivity contribution in [3.8, 4) is 17.0 Å². The van der Waals surface area contributed by atoms with Crippen LogP contribution in [-0.2, 0) is 11.3 Å². The minimum atomic E-state index is -3.22. The highest BCUT2D eigenvalue weighted by Crippen LogP contribution is 2.35. The number of nitrogens with one attached hydrogen (secondary N) is 1. The number of fused-ring (bicyclic) bond motifs is 2. The lowest BCUT2D eigenvalue weighted by molar-refractivity contribution is -0.140. The molecular formula is C23H22F5N7O2. The van der Waals surface area contributed by atoms with Crippen LogP contribution in [0.3, 0.4) is 0 Å². The number of carbonyl (C=O) groups is 1. The third-order valence-corrected chi connectivity index (χ3v) is 6.34. The zero-order chi connectivity index (χ0) is 26.5. The number of aromatic nitrogens is 5. The molecule has 1 saturated heterocycles. The van der Waals surface area contributed by atoms with Crippen LogP contribution in [0.2, 0.25) is 0 Å². The lowest BCUT2D eigenvalue weighted by atomic mass is 10.0. The van der Waals surface area contributed by atoms with Crippen LogP contribution < -0.4 is 10.1 Å². The second kappa shape index (κ2) is 9.16. The topological polar surface area (TPSA) is 89.6 Å². The summed E-state index contributed by atoms with van der Waals surface area (Å²) < 4.78 is 78.0.